The van der Waals surface area contributed by atoms with E-state index in [0.717, 1.165) is 0 Å². The Balaban J connectivity index is 2.29. The summed E-state index contributed by atoms with van der Waals surface area (Å²) in [6.07, 6.45) is 2.78. The topological polar surface area (TPSA) is 95.1 Å². The fourth-order valence-corrected chi connectivity index (χ4v) is 1.81. The number of aromatic amines is 1. The number of carboxylic acid groups (broad SMARTS) is 1. The van der Waals surface area contributed by atoms with Crippen LogP contribution in [0.5, 0.6) is 0 Å². The summed E-state index contributed by atoms with van der Waals surface area (Å²) in [5.74, 6) is -1.64. The molecule has 2 heterocycles. The number of carbonyl (C=O) groups excluding carboxylic acids is 1. The highest BCUT2D eigenvalue weighted by Crippen LogP contribution is 2.20. The van der Waals surface area contributed by atoms with Gasteiger partial charge < -0.3 is 15.4 Å². The van der Waals surface area contributed by atoms with E-state index in [-0.39, 0.29) is 22.0 Å². The van der Waals surface area contributed by atoms with Gasteiger partial charge in [0.05, 0.1) is 16.3 Å². The number of pyridine rings is 1. The minimum absolute atomic E-state index is 0.0731. The molecule has 19 heavy (non-hydrogen) atoms. The second-order valence-corrected chi connectivity index (χ2v) is 4.26. The third-order valence-corrected chi connectivity index (χ3v) is 2.73. The number of nitrogens with one attached hydrogen (secondary N) is 2. The maximum absolute atomic E-state index is 12.0. The molecule has 0 aliphatic heterocycles. The number of aryl methyl sites for hydroxylation is 1. The molecule has 2 rings (SSSR count). The van der Waals surface area contributed by atoms with Crippen LogP contribution in [-0.4, -0.2) is 27.0 Å². The third-order valence-electron chi connectivity index (χ3n) is 2.43. The lowest BCUT2D eigenvalue weighted by Gasteiger charge is -2.05. The average molecular weight is 280 g/mol. The Morgan fingerprint density at radius 3 is 2.84 bits per heavy atom. The summed E-state index contributed by atoms with van der Waals surface area (Å²) < 4.78 is 0. The molecule has 0 aliphatic rings. The van der Waals surface area contributed by atoms with Gasteiger partial charge >= 0.3 is 5.97 Å². The number of carbonyl (C=O) groups is 2. The summed E-state index contributed by atoms with van der Waals surface area (Å²) in [4.78, 5) is 29.4. The standard InChI is InChI=1S/C12H10ClN3O3/c1-6-4-9(10(15-6)12(18)19)16-11(17)7-2-3-14-5-8(7)13/h2-5,15H,1H3,(H,16,17)(H,18,19). The summed E-state index contributed by atoms with van der Waals surface area (Å²) >= 11 is 5.85. The van der Waals surface area contributed by atoms with Gasteiger partial charge in [-0.1, -0.05) is 11.6 Å². The van der Waals surface area contributed by atoms with Crippen molar-refractivity contribution in [1.29, 1.82) is 0 Å². The van der Waals surface area contributed by atoms with Crippen LogP contribution in [0.2, 0.25) is 5.02 Å². The number of hydrogen-bond donors (Lipinski definition) is 3. The Bertz CT molecular complexity index is 651. The number of aromatic nitrogens is 2. The van der Waals surface area contributed by atoms with E-state index in [9.17, 15) is 9.59 Å². The molecule has 2 aromatic rings. The SMILES string of the molecule is Cc1cc(NC(=O)c2ccncc2Cl)c(C(=O)O)[nH]1. The zero-order chi connectivity index (χ0) is 14.0. The molecule has 0 atom stereocenters. The van der Waals surface area contributed by atoms with Crippen LogP contribution in [0.4, 0.5) is 5.69 Å². The van der Waals surface area contributed by atoms with Gasteiger partial charge in [0.25, 0.3) is 5.91 Å². The van der Waals surface area contributed by atoms with Crippen LogP contribution in [-0.2, 0) is 0 Å². The number of anilines is 1. The van der Waals surface area contributed by atoms with Crippen molar-refractivity contribution in [3.05, 3.63) is 46.5 Å². The molecule has 0 unspecified atom stereocenters. The fourth-order valence-electron chi connectivity index (χ4n) is 1.61. The number of H-pyrrole nitrogens is 1. The van der Waals surface area contributed by atoms with E-state index in [0.29, 0.717) is 5.69 Å². The molecule has 0 saturated carbocycles. The zero-order valence-corrected chi connectivity index (χ0v) is 10.7. The maximum Gasteiger partial charge on any atom is 0.354 e. The van der Waals surface area contributed by atoms with Gasteiger partial charge in [-0.15, -0.1) is 0 Å². The second-order valence-electron chi connectivity index (χ2n) is 3.86. The van der Waals surface area contributed by atoms with Crippen molar-refractivity contribution in [2.75, 3.05) is 5.32 Å². The first-order valence-electron chi connectivity index (χ1n) is 5.33. The lowest BCUT2D eigenvalue weighted by Crippen LogP contribution is -2.14. The van der Waals surface area contributed by atoms with Gasteiger partial charge in [-0.05, 0) is 19.1 Å². The predicted molar refractivity (Wildman–Crippen MR) is 69.7 cm³/mol. The van der Waals surface area contributed by atoms with Crippen molar-refractivity contribution in [3.8, 4) is 0 Å². The van der Waals surface area contributed by atoms with E-state index in [4.69, 9.17) is 16.7 Å². The number of aromatic carboxylic acids is 1. The Kier molecular flexibility index (Phi) is 3.52. The normalized spacial score (nSPS) is 10.2. The molecule has 0 aliphatic carbocycles. The monoisotopic (exact) mass is 279 g/mol. The summed E-state index contributed by atoms with van der Waals surface area (Å²) in [7, 11) is 0. The number of carboxylic acids is 1. The molecule has 0 spiro atoms. The van der Waals surface area contributed by atoms with Gasteiger partial charge in [0.15, 0.2) is 0 Å². The van der Waals surface area contributed by atoms with Crippen molar-refractivity contribution in [2.45, 2.75) is 6.92 Å². The number of rotatable bonds is 3. The van der Waals surface area contributed by atoms with Crippen LogP contribution >= 0.6 is 11.6 Å². The van der Waals surface area contributed by atoms with Crippen molar-refractivity contribution in [2.24, 2.45) is 0 Å². The van der Waals surface area contributed by atoms with Gasteiger partial charge in [-0.3, -0.25) is 9.78 Å². The van der Waals surface area contributed by atoms with E-state index >= 15 is 0 Å². The summed E-state index contributed by atoms with van der Waals surface area (Å²) in [5, 5.41) is 11.7. The van der Waals surface area contributed by atoms with Crippen LogP contribution in [0.15, 0.2) is 24.5 Å². The van der Waals surface area contributed by atoms with Crippen molar-refractivity contribution in [1.82, 2.24) is 9.97 Å². The van der Waals surface area contributed by atoms with Crippen molar-refractivity contribution < 1.29 is 14.7 Å². The maximum atomic E-state index is 12.0. The molecular formula is C12H10ClN3O3. The van der Waals surface area contributed by atoms with Gasteiger partial charge in [0.2, 0.25) is 0 Å². The van der Waals surface area contributed by atoms with Gasteiger partial charge in [-0.25, -0.2) is 4.79 Å². The fraction of sp³-hybridized carbons (Fsp3) is 0.0833. The highest BCUT2D eigenvalue weighted by molar-refractivity contribution is 6.34. The molecule has 7 heteroatoms. The van der Waals surface area contributed by atoms with Crippen molar-refractivity contribution in [3.63, 3.8) is 0 Å². The van der Waals surface area contributed by atoms with E-state index in [2.05, 4.69) is 15.3 Å². The molecule has 0 aromatic carbocycles. The second kappa shape index (κ2) is 5.11. The first-order valence-corrected chi connectivity index (χ1v) is 5.70. The largest absolute Gasteiger partial charge is 0.477 e. The van der Waals surface area contributed by atoms with Gasteiger partial charge in [0, 0.05) is 18.1 Å². The summed E-state index contributed by atoms with van der Waals surface area (Å²) in [5.41, 5.74) is 0.985. The minimum atomic E-state index is -1.15. The van der Waals surface area contributed by atoms with Crippen LogP contribution in [0.1, 0.15) is 26.5 Å². The summed E-state index contributed by atoms with van der Waals surface area (Å²) in [6, 6.07) is 2.99. The zero-order valence-electron chi connectivity index (χ0n) is 9.90. The minimum Gasteiger partial charge on any atom is -0.477 e. The van der Waals surface area contributed by atoms with Crippen LogP contribution in [0.25, 0.3) is 0 Å². The lowest BCUT2D eigenvalue weighted by atomic mass is 10.2. The summed E-state index contributed by atoms with van der Waals surface area (Å²) in [6.45, 7) is 1.70. The predicted octanol–water partition coefficient (Wildman–Crippen LogP) is 2.32. The molecule has 3 N–H and O–H groups in total. The first-order chi connectivity index (χ1) is 8.99. The quantitative estimate of drug-likeness (QED) is 0.803. The van der Waals surface area contributed by atoms with Crippen LogP contribution < -0.4 is 5.32 Å². The molecule has 1 amide bonds. The molecule has 6 nitrogen and oxygen atoms in total. The van der Waals surface area contributed by atoms with Crippen LogP contribution in [0, 0.1) is 6.92 Å². The lowest BCUT2D eigenvalue weighted by molar-refractivity contribution is 0.0692. The Morgan fingerprint density at radius 2 is 2.21 bits per heavy atom. The molecular weight excluding hydrogens is 270 g/mol. The van der Waals surface area contributed by atoms with E-state index in [1.165, 1.54) is 24.5 Å². The smallest absolute Gasteiger partial charge is 0.354 e. The van der Waals surface area contributed by atoms with Crippen LogP contribution in [0.3, 0.4) is 0 Å². The highest BCUT2D eigenvalue weighted by Gasteiger charge is 2.17. The number of amides is 1. The molecule has 2 aromatic heterocycles. The van der Waals surface area contributed by atoms with Crippen molar-refractivity contribution >= 4 is 29.2 Å². The Hall–Kier alpha value is -2.34. The number of halogens is 1. The van der Waals surface area contributed by atoms with Gasteiger partial charge in [-0.2, -0.15) is 0 Å². The van der Waals surface area contributed by atoms with E-state index in [1.54, 1.807) is 6.92 Å². The van der Waals surface area contributed by atoms with Gasteiger partial charge in [0.1, 0.15) is 5.69 Å². The Morgan fingerprint density at radius 1 is 1.47 bits per heavy atom. The molecule has 0 fully saturated rings. The van der Waals surface area contributed by atoms with E-state index < -0.39 is 11.9 Å². The molecule has 0 saturated heterocycles. The molecule has 0 radical (unpaired) electrons. The third kappa shape index (κ3) is 2.74. The number of hydrogen-bond acceptors (Lipinski definition) is 3. The molecule has 0 bridgehead atoms. The average Bonchev–Trinajstić information content (AvgIpc) is 2.70. The highest BCUT2D eigenvalue weighted by atomic mass is 35.5. The number of nitrogens with zero attached hydrogens (tertiary/aromatic N) is 1. The Labute approximate surface area is 113 Å². The molecule has 98 valence electrons. The van der Waals surface area contributed by atoms with E-state index in [1.807, 2.05) is 0 Å². The first kappa shape index (κ1) is 13.1.